The first-order valence-corrected chi connectivity index (χ1v) is 10.1. The van der Waals surface area contributed by atoms with Crippen molar-refractivity contribution in [3.8, 4) is 0 Å². The van der Waals surface area contributed by atoms with Crippen LogP contribution in [-0.2, 0) is 4.79 Å². The van der Waals surface area contributed by atoms with E-state index in [1.807, 2.05) is 36.4 Å². The molecular formula is C24H31NO. The van der Waals surface area contributed by atoms with Crippen molar-refractivity contribution in [2.24, 2.45) is 11.8 Å². The lowest BCUT2D eigenvalue weighted by atomic mass is 9.82. The van der Waals surface area contributed by atoms with Crippen molar-refractivity contribution in [3.05, 3.63) is 71.8 Å². The SMILES string of the molecule is CCCCC1CCN(C(=O)C(c2ccccc2)c2ccccc2)CC1C. The molecule has 2 unspecified atom stereocenters. The monoisotopic (exact) mass is 349 g/mol. The molecule has 2 aromatic carbocycles. The average molecular weight is 350 g/mol. The van der Waals surface area contributed by atoms with Gasteiger partial charge in [0.05, 0.1) is 5.92 Å². The van der Waals surface area contributed by atoms with Gasteiger partial charge >= 0.3 is 0 Å². The van der Waals surface area contributed by atoms with Crippen LogP contribution in [0.2, 0.25) is 0 Å². The van der Waals surface area contributed by atoms with Gasteiger partial charge in [0.25, 0.3) is 0 Å². The van der Waals surface area contributed by atoms with Gasteiger partial charge in [-0.1, -0.05) is 93.8 Å². The molecule has 1 saturated heterocycles. The fraction of sp³-hybridized carbons (Fsp3) is 0.458. The highest BCUT2D eigenvalue weighted by molar-refractivity contribution is 5.87. The summed E-state index contributed by atoms with van der Waals surface area (Å²) in [7, 11) is 0. The topological polar surface area (TPSA) is 20.3 Å². The van der Waals surface area contributed by atoms with Crippen molar-refractivity contribution >= 4 is 5.91 Å². The number of carbonyl (C=O) groups excluding carboxylic acids is 1. The Labute approximate surface area is 158 Å². The van der Waals surface area contributed by atoms with Crippen LogP contribution in [0, 0.1) is 11.8 Å². The van der Waals surface area contributed by atoms with Crippen LogP contribution in [0.5, 0.6) is 0 Å². The second kappa shape index (κ2) is 9.02. The molecule has 0 spiro atoms. The number of hydrogen-bond donors (Lipinski definition) is 0. The number of nitrogens with zero attached hydrogens (tertiary/aromatic N) is 1. The zero-order valence-corrected chi connectivity index (χ0v) is 16.1. The number of hydrogen-bond acceptors (Lipinski definition) is 1. The molecule has 2 heteroatoms. The highest BCUT2D eigenvalue weighted by Crippen LogP contribution is 2.32. The van der Waals surface area contributed by atoms with E-state index in [1.165, 1.54) is 19.3 Å². The minimum Gasteiger partial charge on any atom is -0.342 e. The summed E-state index contributed by atoms with van der Waals surface area (Å²) in [5.74, 6) is 1.41. The lowest BCUT2D eigenvalue weighted by Gasteiger charge is -2.38. The first-order valence-electron chi connectivity index (χ1n) is 10.1. The van der Waals surface area contributed by atoms with Crippen LogP contribution >= 0.6 is 0 Å². The van der Waals surface area contributed by atoms with E-state index in [0.29, 0.717) is 5.92 Å². The van der Waals surface area contributed by atoms with E-state index in [4.69, 9.17) is 0 Å². The van der Waals surface area contributed by atoms with Crippen LogP contribution in [-0.4, -0.2) is 23.9 Å². The Morgan fingerprint density at radius 3 is 2.12 bits per heavy atom. The van der Waals surface area contributed by atoms with Gasteiger partial charge in [-0.3, -0.25) is 4.79 Å². The van der Waals surface area contributed by atoms with Crippen LogP contribution < -0.4 is 0 Å². The highest BCUT2D eigenvalue weighted by atomic mass is 16.2. The molecule has 1 fully saturated rings. The molecule has 0 aromatic heterocycles. The van der Waals surface area contributed by atoms with Crippen LogP contribution in [0.15, 0.2) is 60.7 Å². The molecule has 2 aromatic rings. The first-order chi connectivity index (χ1) is 12.7. The molecule has 26 heavy (non-hydrogen) atoms. The Balaban J connectivity index is 1.79. The second-order valence-electron chi connectivity index (χ2n) is 7.71. The van der Waals surface area contributed by atoms with Crippen molar-refractivity contribution in [3.63, 3.8) is 0 Å². The molecule has 1 heterocycles. The highest BCUT2D eigenvalue weighted by Gasteiger charge is 2.33. The third-order valence-electron chi connectivity index (χ3n) is 5.84. The molecule has 2 atom stereocenters. The summed E-state index contributed by atoms with van der Waals surface area (Å²) >= 11 is 0. The number of benzene rings is 2. The van der Waals surface area contributed by atoms with Crippen LogP contribution in [0.3, 0.4) is 0 Å². The van der Waals surface area contributed by atoms with Crippen molar-refractivity contribution in [2.45, 2.75) is 45.4 Å². The summed E-state index contributed by atoms with van der Waals surface area (Å²) in [5.41, 5.74) is 2.17. The van der Waals surface area contributed by atoms with E-state index in [1.54, 1.807) is 0 Å². The fourth-order valence-electron chi connectivity index (χ4n) is 4.24. The maximum absolute atomic E-state index is 13.5. The Kier molecular flexibility index (Phi) is 6.49. The van der Waals surface area contributed by atoms with E-state index >= 15 is 0 Å². The Bertz CT molecular complexity index is 642. The van der Waals surface area contributed by atoms with Gasteiger partial charge in [-0.15, -0.1) is 0 Å². The van der Waals surface area contributed by atoms with E-state index in [2.05, 4.69) is 43.0 Å². The van der Waals surface area contributed by atoms with E-state index in [-0.39, 0.29) is 11.8 Å². The van der Waals surface area contributed by atoms with Crippen molar-refractivity contribution in [1.29, 1.82) is 0 Å². The molecule has 1 amide bonds. The normalized spacial score (nSPS) is 20.3. The quantitative estimate of drug-likeness (QED) is 0.675. The summed E-state index contributed by atoms with van der Waals surface area (Å²) in [6.45, 7) is 6.37. The molecule has 0 radical (unpaired) electrons. The predicted octanol–water partition coefficient (Wildman–Crippen LogP) is 5.49. The van der Waals surface area contributed by atoms with E-state index in [9.17, 15) is 4.79 Å². The summed E-state index contributed by atoms with van der Waals surface area (Å²) in [6, 6.07) is 20.4. The number of likely N-dealkylation sites (tertiary alicyclic amines) is 1. The number of amides is 1. The molecule has 0 aliphatic carbocycles. The first kappa shape index (κ1) is 18.7. The molecule has 0 N–H and O–H groups in total. The predicted molar refractivity (Wildman–Crippen MR) is 108 cm³/mol. The number of unbranched alkanes of at least 4 members (excludes halogenated alkanes) is 1. The van der Waals surface area contributed by atoms with Gasteiger partial charge in [-0.2, -0.15) is 0 Å². The number of piperidine rings is 1. The molecule has 2 nitrogen and oxygen atoms in total. The Morgan fingerprint density at radius 1 is 1.04 bits per heavy atom. The van der Waals surface area contributed by atoms with Gasteiger partial charge in [0.1, 0.15) is 0 Å². The lowest BCUT2D eigenvalue weighted by Crippen LogP contribution is -2.45. The summed E-state index contributed by atoms with van der Waals surface area (Å²) < 4.78 is 0. The maximum Gasteiger partial charge on any atom is 0.234 e. The van der Waals surface area contributed by atoms with E-state index in [0.717, 1.165) is 36.6 Å². The molecule has 0 saturated carbocycles. The molecule has 1 aliphatic rings. The van der Waals surface area contributed by atoms with Crippen LogP contribution in [0.25, 0.3) is 0 Å². The smallest absolute Gasteiger partial charge is 0.234 e. The standard InChI is InChI=1S/C24H31NO/c1-3-4-11-20-16-17-25(18-19(20)2)24(26)23(21-12-7-5-8-13-21)22-14-9-6-10-15-22/h5-10,12-15,19-20,23H,3-4,11,16-18H2,1-2H3. The van der Waals surface area contributed by atoms with Gasteiger partial charge in [-0.05, 0) is 29.4 Å². The summed E-state index contributed by atoms with van der Waals surface area (Å²) in [6.07, 6.45) is 5.01. The molecule has 1 aliphatic heterocycles. The summed E-state index contributed by atoms with van der Waals surface area (Å²) in [5, 5.41) is 0. The molecular weight excluding hydrogens is 318 g/mol. The third kappa shape index (κ3) is 4.35. The van der Waals surface area contributed by atoms with Crippen molar-refractivity contribution in [2.75, 3.05) is 13.1 Å². The van der Waals surface area contributed by atoms with Crippen LogP contribution in [0.1, 0.15) is 56.6 Å². The lowest BCUT2D eigenvalue weighted by molar-refractivity contribution is -0.134. The van der Waals surface area contributed by atoms with Crippen molar-refractivity contribution in [1.82, 2.24) is 4.90 Å². The van der Waals surface area contributed by atoms with Gasteiger partial charge in [0, 0.05) is 13.1 Å². The van der Waals surface area contributed by atoms with Gasteiger partial charge in [0.15, 0.2) is 0 Å². The maximum atomic E-state index is 13.5. The van der Waals surface area contributed by atoms with Crippen LogP contribution in [0.4, 0.5) is 0 Å². The molecule has 3 rings (SSSR count). The van der Waals surface area contributed by atoms with Crippen molar-refractivity contribution < 1.29 is 4.79 Å². The number of rotatable bonds is 6. The zero-order valence-electron chi connectivity index (χ0n) is 16.1. The van der Waals surface area contributed by atoms with Gasteiger partial charge in [0.2, 0.25) is 5.91 Å². The average Bonchev–Trinajstić information content (AvgIpc) is 2.69. The summed E-state index contributed by atoms with van der Waals surface area (Å²) in [4.78, 5) is 15.6. The Hall–Kier alpha value is -2.09. The number of carbonyl (C=O) groups is 1. The zero-order chi connectivity index (χ0) is 18.4. The van der Waals surface area contributed by atoms with Gasteiger partial charge in [-0.25, -0.2) is 0 Å². The molecule has 138 valence electrons. The largest absolute Gasteiger partial charge is 0.342 e. The van der Waals surface area contributed by atoms with E-state index < -0.39 is 0 Å². The minimum atomic E-state index is -0.197. The van der Waals surface area contributed by atoms with Gasteiger partial charge < -0.3 is 4.90 Å². The minimum absolute atomic E-state index is 0.197. The second-order valence-corrected chi connectivity index (χ2v) is 7.71. The Morgan fingerprint density at radius 2 is 1.62 bits per heavy atom. The third-order valence-corrected chi connectivity index (χ3v) is 5.84. The molecule has 0 bridgehead atoms. The fourth-order valence-corrected chi connectivity index (χ4v) is 4.24.